The molecule has 6 heteroatoms. The molecule has 0 unspecified atom stereocenters. The summed E-state index contributed by atoms with van der Waals surface area (Å²) >= 11 is 0. The Balaban J connectivity index is 4.58. The third kappa shape index (κ3) is 2.47. The molecule has 0 aromatic heterocycles. The third-order valence-corrected chi connectivity index (χ3v) is 4.69. The van der Waals surface area contributed by atoms with Crippen molar-refractivity contribution in [2.24, 2.45) is 0 Å². The standard InChI is InChI=1S/C6H15BO4S/c1-2-6(7)12(10,11)5(3-8)4-9/h5-6,8-9H,2-4,7H2,1H3/t6-/m1/s1. The van der Waals surface area contributed by atoms with Crippen molar-refractivity contribution in [2.45, 2.75) is 23.7 Å². The lowest BCUT2D eigenvalue weighted by Crippen LogP contribution is -2.37. The van der Waals surface area contributed by atoms with Crippen molar-refractivity contribution in [3.8, 4) is 0 Å². The van der Waals surface area contributed by atoms with Crippen molar-refractivity contribution >= 4 is 17.7 Å². The molecule has 0 saturated heterocycles. The summed E-state index contributed by atoms with van der Waals surface area (Å²) in [6.07, 6.45) is 0.499. The lowest BCUT2D eigenvalue weighted by molar-refractivity contribution is 0.223. The first-order valence-electron chi connectivity index (χ1n) is 3.95. The molecule has 12 heavy (non-hydrogen) atoms. The van der Waals surface area contributed by atoms with Crippen molar-refractivity contribution in [2.75, 3.05) is 13.2 Å². The quantitative estimate of drug-likeness (QED) is 0.502. The normalized spacial score (nSPS) is 15.0. The first-order chi connectivity index (χ1) is 5.50. The van der Waals surface area contributed by atoms with E-state index in [1.807, 2.05) is 0 Å². The summed E-state index contributed by atoms with van der Waals surface area (Å²) in [7, 11) is -1.77. The van der Waals surface area contributed by atoms with Gasteiger partial charge in [0.05, 0.1) is 13.2 Å². The first kappa shape index (κ1) is 11.9. The number of aliphatic hydroxyl groups is 2. The largest absolute Gasteiger partial charge is 0.395 e. The lowest BCUT2D eigenvalue weighted by Gasteiger charge is -2.16. The number of sulfone groups is 1. The summed E-state index contributed by atoms with van der Waals surface area (Å²) in [6, 6.07) is 0. The van der Waals surface area contributed by atoms with Gasteiger partial charge in [-0.05, 0) is 6.42 Å². The molecule has 0 aromatic rings. The Kier molecular flexibility index (Phi) is 4.81. The zero-order chi connectivity index (χ0) is 9.78. The molecule has 0 saturated carbocycles. The fraction of sp³-hybridized carbons (Fsp3) is 1.00. The second kappa shape index (κ2) is 4.84. The molecule has 4 nitrogen and oxygen atoms in total. The maximum atomic E-state index is 11.4. The van der Waals surface area contributed by atoms with Gasteiger partial charge in [-0.25, -0.2) is 8.42 Å². The van der Waals surface area contributed by atoms with Crippen LogP contribution in [-0.4, -0.2) is 50.1 Å². The Hall–Kier alpha value is -0.0651. The van der Waals surface area contributed by atoms with E-state index in [0.29, 0.717) is 6.42 Å². The van der Waals surface area contributed by atoms with Gasteiger partial charge >= 0.3 is 0 Å². The molecule has 0 aliphatic rings. The molecule has 0 aliphatic carbocycles. The van der Waals surface area contributed by atoms with Crippen LogP contribution in [0.25, 0.3) is 0 Å². The van der Waals surface area contributed by atoms with Gasteiger partial charge in [-0.15, -0.1) is 0 Å². The molecule has 2 N–H and O–H groups in total. The van der Waals surface area contributed by atoms with Crippen LogP contribution in [0.4, 0.5) is 0 Å². The Morgan fingerprint density at radius 3 is 2.00 bits per heavy atom. The Labute approximate surface area is 73.9 Å². The second-order valence-electron chi connectivity index (χ2n) is 2.80. The minimum absolute atomic E-state index is 0.498. The second-order valence-corrected chi connectivity index (χ2v) is 5.44. The Bertz CT molecular complexity index is 210. The van der Waals surface area contributed by atoms with E-state index in [9.17, 15) is 8.42 Å². The fourth-order valence-corrected chi connectivity index (χ4v) is 2.36. The van der Waals surface area contributed by atoms with E-state index in [0.717, 1.165) is 0 Å². The minimum atomic E-state index is -3.35. The summed E-state index contributed by atoms with van der Waals surface area (Å²) < 4.78 is 22.8. The molecule has 1 atom stereocenters. The van der Waals surface area contributed by atoms with Gasteiger partial charge in [0.1, 0.15) is 13.1 Å². The fourth-order valence-electron chi connectivity index (χ4n) is 0.826. The predicted molar refractivity (Wildman–Crippen MR) is 49.5 cm³/mol. The smallest absolute Gasteiger partial charge is 0.152 e. The average Bonchev–Trinajstić information content (AvgIpc) is 2.04. The summed E-state index contributed by atoms with van der Waals surface area (Å²) in [6.45, 7) is 0.736. The highest BCUT2D eigenvalue weighted by molar-refractivity contribution is 7.93. The van der Waals surface area contributed by atoms with Gasteiger partial charge in [-0.2, -0.15) is 0 Å². The van der Waals surface area contributed by atoms with E-state index in [-0.39, 0.29) is 0 Å². The van der Waals surface area contributed by atoms with Crippen LogP contribution in [0.3, 0.4) is 0 Å². The molecular weight excluding hydrogens is 179 g/mol. The highest BCUT2D eigenvalue weighted by atomic mass is 32.2. The molecule has 72 valence electrons. The van der Waals surface area contributed by atoms with E-state index >= 15 is 0 Å². The average molecular weight is 194 g/mol. The van der Waals surface area contributed by atoms with Crippen LogP contribution in [0, 0.1) is 0 Å². The molecular formula is C6H15BO4S. The highest BCUT2D eigenvalue weighted by Gasteiger charge is 2.28. The number of hydrogen-bond donors (Lipinski definition) is 2. The van der Waals surface area contributed by atoms with Crippen molar-refractivity contribution < 1.29 is 18.6 Å². The molecule has 0 aromatic carbocycles. The molecule has 0 aliphatic heterocycles. The zero-order valence-electron chi connectivity index (χ0n) is 7.40. The van der Waals surface area contributed by atoms with Crippen molar-refractivity contribution in [1.82, 2.24) is 0 Å². The molecule has 0 rings (SSSR count). The highest BCUT2D eigenvalue weighted by Crippen LogP contribution is 2.09. The van der Waals surface area contributed by atoms with Gasteiger partial charge in [-0.1, -0.05) is 6.92 Å². The van der Waals surface area contributed by atoms with Crippen LogP contribution < -0.4 is 0 Å². The van der Waals surface area contributed by atoms with Crippen LogP contribution >= 0.6 is 0 Å². The molecule has 0 spiro atoms. The predicted octanol–water partition coefficient (Wildman–Crippen LogP) is -1.88. The molecule has 0 amide bonds. The summed E-state index contributed by atoms with van der Waals surface area (Å²) in [5, 5.41) is 15.8. The van der Waals surface area contributed by atoms with Gasteiger partial charge in [0, 0.05) is 5.15 Å². The van der Waals surface area contributed by atoms with Crippen LogP contribution in [0.2, 0.25) is 0 Å². The molecule has 0 fully saturated rings. The zero-order valence-corrected chi connectivity index (χ0v) is 8.21. The number of aliphatic hydroxyl groups excluding tert-OH is 2. The van der Waals surface area contributed by atoms with E-state index in [4.69, 9.17) is 10.2 Å². The molecule has 0 heterocycles. The lowest BCUT2D eigenvalue weighted by atomic mass is 10.0. The van der Waals surface area contributed by atoms with Gasteiger partial charge in [0.15, 0.2) is 9.84 Å². The molecule has 0 radical (unpaired) electrons. The SMILES string of the molecule is B[C@@H](CC)S(=O)(=O)C(CO)CO. The summed E-state index contributed by atoms with van der Waals surface area (Å²) in [5.41, 5.74) is 0. The maximum Gasteiger partial charge on any atom is 0.152 e. The molecule has 0 bridgehead atoms. The topological polar surface area (TPSA) is 74.6 Å². The summed E-state index contributed by atoms with van der Waals surface area (Å²) in [5.74, 6) is 0. The van der Waals surface area contributed by atoms with Crippen molar-refractivity contribution in [3.05, 3.63) is 0 Å². The number of rotatable bonds is 5. The van der Waals surface area contributed by atoms with E-state index in [1.165, 1.54) is 0 Å². The van der Waals surface area contributed by atoms with Gasteiger partial charge in [0.2, 0.25) is 0 Å². The van der Waals surface area contributed by atoms with E-state index in [1.54, 1.807) is 14.8 Å². The van der Waals surface area contributed by atoms with Crippen LogP contribution in [0.15, 0.2) is 0 Å². The first-order valence-corrected chi connectivity index (χ1v) is 5.56. The van der Waals surface area contributed by atoms with Gasteiger partial charge in [0.25, 0.3) is 0 Å². The van der Waals surface area contributed by atoms with E-state index in [2.05, 4.69) is 0 Å². The Morgan fingerprint density at radius 1 is 1.33 bits per heavy atom. The van der Waals surface area contributed by atoms with Crippen LogP contribution in [0.5, 0.6) is 0 Å². The van der Waals surface area contributed by atoms with Crippen LogP contribution in [-0.2, 0) is 9.84 Å². The van der Waals surface area contributed by atoms with E-state index < -0.39 is 33.5 Å². The third-order valence-electron chi connectivity index (χ3n) is 2.01. The number of hydrogen-bond acceptors (Lipinski definition) is 4. The monoisotopic (exact) mass is 194 g/mol. The maximum absolute atomic E-state index is 11.4. The van der Waals surface area contributed by atoms with Crippen LogP contribution in [0.1, 0.15) is 13.3 Å². The van der Waals surface area contributed by atoms with Gasteiger partial charge in [-0.3, -0.25) is 0 Å². The minimum Gasteiger partial charge on any atom is -0.395 e. The summed E-state index contributed by atoms with van der Waals surface area (Å²) in [4.78, 5) is 0. The van der Waals surface area contributed by atoms with Crippen molar-refractivity contribution in [1.29, 1.82) is 0 Å². The Morgan fingerprint density at radius 2 is 1.75 bits per heavy atom. The van der Waals surface area contributed by atoms with Crippen molar-refractivity contribution in [3.63, 3.8) is 0 Å². The van der Waals surface area contributed by atoms with Gasteiger partial charge < -0.3 is 10.2 Å².